The van der Waals surface area contributed by atoms with E-state index in [1.165, 1.54) is 39.2 Å². The summed E-state index contributed by atoms with van der Waals surface area (Å²) < 4.78 is 6.45. The zero-order valence-corrected chi connectivity index (χ0v) is 28.4. The molecule has 0 spiro atoms. The van der Waals surface area contributed by atoms with Gasteiger partial charge < -0.3 is 20.7 Å². The number of methoxy groups -OCH3 is 1. The molecule has 0 atom stereocenters. The van der Waals surface area contributed by atoms with Crippen LogP contribution in [0.3, 0.4) is 0 Å². The first-order valence-corrected chi connectivity index (χ1v) is 16.3. The van der Waals surface area contributed by atoms with E-state index in [0.717, 1.165) is 17.0 Å². The SMILES string of the molecule is CC.CC1CCCCC1.COC(=O)c1ccc(CNc2nc(NCC(=O)NCc3ccc(Cl)cc3Cl)cc(-n3ccnc3)n2)cc1. The molecule has 2 aromatic carbocycles. The molecule has 1 amide bonds. The minimum atomic E-state index is -0.396. The van der Waals surface area contributed by atoms with E-state index in [2.05, 4.69) is 37.8 Å². The van der Waals surface area contributed by atoms with E-state index in [1.807, 2.05) is 26.0 Å². The Hall–Kier alpha value is -4.15. The molecule has 1 saturated carbocycles. The molecule has 0 unspecified atom stereocenters. The summed E-state index contributed by atoms with van der Waals surface area (Å²) in [6, 6.07) is 13.8. The molecular weight excluding hydrogens is 625 g/mol. The molecule has 46 heavy (non-hydrogen) atoms. The molecule has 1 aliphatic rings. The highest BCUT2D eigenvalue weighted by molar-refractivity contribution is 6.35. The smallest absolute Gasteiger partial charge is 0.337 e. The number of hydrogen-bond acceptors (Lipinski definition) is 8. The molecule has 0 radical (unpaired) electrons. The quantitative estimate of drug-likeness (QED) is 0.147. The summed E-state index contributed by atoms with van der Waals surface area (Å²) in [4.78, 5) is 37.1. The van der Waals surface area contributed by atoms with Crippen LogP contribution in [-0.4, -0.2) is 45.1 Å². The fraction of sp³-hybridized carbons (Fsp3) is 0.382. The Bertz CT molecular complexity index is 1510. The van der Waals surface area contributed by atoms with Crippen LogP contribution in [-0.2, 0) is 22.6 Å². The molecule has 12 heteroatoms. The molecule has 1 aliphatic carbocycles. The van der Waals surface area contributed by atoms with Crippen LogP contribution >= 0.6 is 23.2 Å². The summed E-state index contributed by atoms with van der Waals surface area (Å²) in [6.45, 7) is 7.03. The molecule has 2 aromatic heterocycles. The molecule has 10 nitrogen and oxygen atoms in total. The molecule has 2 heterocycles. The van der Waals surface area contributed by atoms with Crippen molar-refractivity contribution < 1.29 is 14.3 Å². The number of benzene rings is 2. The number of aromatic nitrogens is 4. The van der Waals surface area contributed by atoms with Gasteiger partial charge in [-0.15, -0.1) is 0 Å². The normalized spacial score (nSPS) is 12.5. The Morgan fingerprint density at radius 1 is 0.957 bits per heavy atom. The standard InChI is InChI=1S/C25H23Cl2N7O3.C7H14.C2H6/c1-37-24(36)17-4-2-16(3-5-17)12-31-25-32-21(11-22(33-25)34-9-8-28-15-34)29-14-23(35)30-13-18-6-7-19(26)10-20(18)27;1-7-5-3-2-4-6-7;1-2/h2-11,15H,12-14H2,1H3,(H,30,35)(H2,29,31,32,33);7H,2-6H2,1H3;1-2H3. The number of imidazole rings is 1. The summed E-state index contributed by atoms with van der Waals surface area (Å²) in [5.74, 6) is 1.75. The number of esters is 1. The third kappa shape index (κ3) is 12.0. The van der Waals surface area contributed by atoms with Gasteiger partial charge in [-0.2, -0.15) is 9.97 Å². The summed E-state index contributed by atoms with van der Waals surface area (Å²) in [6.07, 6.45) is 12.4. The molecule has 3 N–H and O–H groups in total. The van der Waals surface area contributed by atoms with Crippen LogP contribution in [0.15, 0.2) is 67.3 Å². The maximum Gasteiger partial charge on any atom is 0.337 e. The third-order valence-electron chi connectivity index (χ3n) is 7.12. The molecular formula is C34H43Cl2N7O3. The van der Waals surface area contributed by atoms with Gasteiger partial charge in [-0.1, -0.05) is 94.3 Å². The third-order valence-corrected chi connectivity index (χ3v) is 7.71. The number of amides is 1. The Morgan fingerprint density at radius 2 is 1.70 bits per heavy atom. The number of anilines is 2. The van der Waals surface area contributed by atoms with Crippen molar-refractivity contribution in [1.29, 1.82) is 0 Å². The number of ether oxygens (including phenoxy) is 1. The lowest BCUT2D eigenvalue weighted by molar-refractivity contribution is -0.119. The number of halogens is 2. The van der Waals surface area contributed by atoms with Gasteiger partial charge in [0, 0.05) is 41.6 Å². The number of hydrogen-bond donors (Lipinski definition) is 3. The first-order valence-electron chi connectivity index (χ1n) is 15.5. The van der Waals surface area contributed by atoms with E-state index >= 15 is 0 Å². The van der Waals surface area contributed by atoms with Gasteiger partial charge in [0.2, 0.25) is 11.9 Å². The second-order valence-electron chi connectivity index (χ2n) is 10.6. The van der Waals surface area contributed by atoms with E-state index < -0.39 is 5.97 Å². The number of nitrogens with zero attached hydrogens (tertiary/aromatic N) is 4. The molecule has 0 bridgehead atoms. The van der Waals surface area contributed by atoms with Crippen molar-refractivity contribution in [3.63, 3.8) is 0 Å². The fourth-order valence-electron chi connectivity index (χ4n) is 4.59. The van der Waals surface area contributed by atoms with E-state index in [0.29, 0.717) is 39.7 Å². The van der Waals surface area contributed by atoms with Gasteiger partial charge in [0.1, 0.15) is 18.0 Å². The van der Waals surface area contributed by atoms with Crippen molar-refractivity contribution in [2.24, 2.45) is 5.92 Å². The van der Waals surface area contributed by atoms with Crippen LogP contribution in [0.2, 0.25) is 10.0 Å². The minimum absolute atomic E-state index is 0.0139. The average molecular weight is 669 g/mol. The highest BCUT2D eigenvalue weighted by atomic mass is 35.5. The summed E-state index contributed by atoms with van der Waals surface area (Å²) in [5.41, 5.74) is 2.14. The molecule has 4 aromatic rings. The molecule has 0 saturated heterocycles. The van der Waals surface area contributed by atoms with Gasteiger partial charge in [-0.25, -0.2) is 9.78 Å². The monoisotopic (exact) mass is 667 g/mol. The fourth-order valence-corrected chi connectivity index (χ4v) is 5.06. The maximum atomic E-state index is 12.4. The zero-order valence-electron chi connectivity index (χ0n) is 26.9. The Balaban J connectivity index is 0.000000558. The topological polar surface area (TPSA) is 123 Å². The van der Waals surface area contributed by atoms with E-state index in [-0.39, 0.29) is 19.0 Å². The highest BCUT2D eigenvalue weighted by Gasteiger charge is 2.10. The zero-order chi connectivity index (χ0) is 33.3. The summed E-state index contributed by atoms with van der Waals surface area (Å²) >= 11 is 12.1. The molecule has 246 valence electrons. The number of carbonyl (C=O) groups excluding carboxylic acids is 2. The first kappa shape index (κ1) is 36.3. The van der Waals surface area contributed by atoms with Crippen molar-refractivity contribution >= 4 is 46.8 Å². The summed E-state index contributed by atoms with van der Waals surface area (Å²) in [7, 11) is 1.34. The van der Waals surface area contributed by atoms with Crippen LogP contribution in [0.1, 0.15) is 74.4 Å². The van der Waals surface area contributed by atoms with Gasteiger partial charge in [0.25, 0.3) is 0 Å². The number of rotatable bonds is 10. The van der Waals surface area contributed by atoms with Crippen molar-refractivity contribution in [3.8, 4) is 5.82 Å². The molecule has 5 rings (SSSR count). The van der Waals surface area contributed by atoms with Gasteiger partial charge in [0.15, 0.2) is 0 Å². The second kappa shape index (κ2) is 19.4. The van der Waals surface area contributed by atoms with E-state index in [9.17, 15) is 9.59 Å². The Morgan fingerprint density at radius 3 is 2.30 bits per heavy atom. The van der Waals surface area contributed by atoms with Crippen molar-refractivity contribution in [2.75, 3.05) is 24.3 Å². The Kier molecular flexibility index (Phi) is 15.3. The highest BCUT2D eigenvalue weighted by Crippen LogP contribution is 2.22. The van der Waals surface area contributed by atoms with Crippen LogP contribution in [0.25, 0.3) is 5.82 Å². The summed E-state index contributed by atoms with van der Waals surface area (Å²) in [5, 5.41) is 10.0. The van der Waals surface area contributed by atoms with Gasteiger partial charge >= 0.3 is 5.97 Å². The lowest BCUT2D eigenvalue weighted by Crippen LogP contribution is -2.29. The molecule has 1 fully saturated rings. The maximum absolute atomic E-state index is 12.4. The van der Waals surface area contributed by atoms with Gasteiger partial charge in [-0.3, -0.25) is 9.36 Å². The van der Waals surface area contributed by atoms with Crippen molar-refractivity contribution in [1.82, 2.24) is 24.8 Å². The average Bonchev–Trinajstić information content (AvgIpc) is 3.63. The van der Waals surface area contributed by atoms with E-state index in [1.54, 1.807) is 59.7 Å². The van der Waals surface area contributed by atoms with Crippen LogP contribution in [0.5, 0.6) is 0 Å². The second-order valence-corrected chi connectivity index (χ2v) is 11.4. The lowest BCUT2D eigenvalue weighted by Gasteiger charge is -2.15. The van der Waals surface area contributed by atoms with Crippen LogP contribution in [0, 0.1) is 5.92 Å². The van der Waals surface area contributed by atoms with Crippen molar-refractivity contribution in [2.45, 2.75) is 66.0 Å². The first-order chi connectivity index (χ1) is 22.3. The lowest BCUT2D eigenvalue weighted by atomic mass is 9.91. The van der Waals surface area contributed by atoms with Crippen LogP contribution in [0.4, 0.5) is 11.8 Å². The number of nitrogens with one attached hydrogen (secondary N) is 3. The molecule has 0 aliphatic heterocycles. The van der Waals surface area contributed by atoms with Gasteiger partial charge in [0.05, 0.1) is 19.2 Å². The predicted octanol–water partition coefficient (Wildman–Crippen LogP) is 7.71. The minimum Gasteiger partial charge on any atom is -0.465 e. The Labute approximate surface area is 281 Å². The largest absolute Gasteiger partial charge is 0.465 e. The van der Waals surface area contributed by atoms with Crippen LogP contribution < -0.4 is 16.0 Å². The van der Waals surface area contributed by atoms with Gasteiger partial charge in [-0.05, 0) is 41.3 Å². The number of carbonyl (C=O) groups is 2. The van der Waals surface area contributed by atoms with Crippen molar-refractivity contribution in [3.05, 3.63) is 94.0 Å². The predicted molar refractivity (Wildman–Crippen MR) is 185 cm³/mol. The van der Waals surface area contributed by atoms with E-state index in [4.69, 9.17) is 27.9 Å².